The lowest BCUT2D eigenvalue weighted by atomic mass is 10.0. The third kappa shape index (κ3) is 5.53. The fraction of sp³-hybridized carbons (Fsp3) is 0.136. The Morgan fingerprint density at radius 2 is 1.61 bits per heavy atom. The molecule has 6 N–H and O–H groups in total. The lowest BCUT2D eigenvalue weighted by Gasteiger charge is -2.16. The van der Waals surface area contributed by atoms with Crippen molar-refractivity contribution in [3.05, 3.63) is 72.3 Å². The fourth-order valence-electron chi connectivity index (χ4n) is 2.85. The normalized spacial score (nSPS) is 10.6. The SMILES string of the molecule is CC.CN(N)c1ccc(S(=O)(=O)Nc2cc(-c3ccccc3)ccc2C(=O)O)cc1N. The molecule has 0 aromatic heterocycles. The van der Waals surface area contributed by atoms with Gasteiger partial charge in [-0.05, 0) is 41.5 Å². The summed E-state index contributed by atoms with van der Waals surface area (Å²) in [4.78, 5) is 11.5. The molecule has 3 aromatic carbocycles. The van der Waals surface area contributed by atoms with Gasteiger partial charge >= 0.3 is 5.97 Å². The van der Waals surface area contributed by atoms with Gasteiger partial charge in [-0.2, -0.15) is 0 Å². The van der Waals surface area contributed by atoms with Crippen LogP contribution in [0.25, 0.3) is 11.1 Å². The monoisotopic (exact) mass is 442 g/mol. The number of benzene rings is 3. The Labute approximate surface area is 182 Å². The van der Waals surface area contributed by atoms with Crippen LogP contribution in [-0.2, 0) is 10.0 Å². The molecule has 0 bridgehead atoms. The van der Waals surface area contributed by atoms with Crippen molar-refractivity contribution in [3.63, 3.8) is 0 Å². The lowest BCUT2D eigenvalue weighted by molar-refractivity contribution is 0.0698. The van der Waals surface area contributed by atoms with E-state index in [-0.39, 0.29) is 21.8 Å². The first-order chi connectivity index (χ1) is 14.7. The van der Waals surface area contributed by atoms with Crippen molar-refractivity contribution in [3.8, 4) is 11.1 Å². The predicted molar refractivity (Wildman–Crippen MR) is 124 cm³/mol. The molecule has 3 aromatic rings. The van der Waals surface area contributed by atoms with Gasteiger partial charge in [-0.3, -0.25) is 4.72 Å². The van der Waals surface area contributed by atoms with Gasteiger partial charge in [0.15, 0.2) is 0 Å². The van der Waals surface area contributed by atoms with E-state index in [2.05, 4.69) is 4.72 Å². The van der Waals surface area contributed by atoms with E-state index >= 15 is 0 Å². The zero-order valence-electron chi connectivity index (χ0n) is 17.5. The molecule has 0 fully saturated rings. The van der Waals surface area contributed by atoms with Crippen LogP contribution in [0.15, 0.2) is 71.6 Å². The van der Waals surface area contributed by atoms with Gasteiger partial charge in [0.1, 0.15) is 0 Å². The van der Waals surface area contributed by atoms with Crippen LogP contribution in [0, 0.1) is 0 Å². The highest BCUT2D eigenvalue weighted by Crippen LogP contribution is 2.29. The molecule has 0 radical (unpaired) electrons. The minimum atomic E-state index is -4.09. The first-order valence-electron chi connectivity index (χ1n) is 9.52. The minimum absolute atomic E-state index is 0.0440. The summed E-state index contributed by atoms with van der Waals surface area (Å²) >= 11 is 0. The largest absolute Gasteiger partial charge is 0.478 e. The number of nitrogens with two attached hydrogens (primary N) is 2. The second kappa shape index (κ2) is 9.96. The molecule has 0 aliphatic carbocycles. The van der Waals surface area contributed by atoms with Gasteiger partial charge in [0.25, 0.3) is 10.0 Å². The standard InChI is InChI=1S/C20H20N4O4S.C2H6/c1-24(22)19-10-8-15(12-17(19)21)29(27,28)23-18-11-14(7-9-16(18)20(25)26)13-5-3-2-4-6-13;1-2/h2-12,23H,21-22H2,1H3,(H,25,26);1-2H3. The maximum Gasteiger partial charge on any atom is 0.337 e. The van der Waals surface area contributed by atoms with E-state index in [1.807, 2.05) is 44.2 Å². The van der Waals surface area contributed by atoms with Crippen LogP contribution in [-0.4, -0.2) is 26.5 Å². The molecular weight excluding hydrogens is 416 g/mol. The Bertz CT molecular complexity index is 1160. The highest BCUT2D eigenvalue weighted by atomic mass is 32.2. The van der Waals surface area contributed by atoms with Crippen molar-refractivity contribution in [2.75, 3.05) is 22.5 Å². The van der Waals surface area contributed by atoms with E-state index in [9.17, 15) is 18.3 Å². The third-order valence-electron chi connectivity index (χ3n) is 4.29. The Morgan fingerprint density at radius 1 is 0.968 bits per heavy atom. The van der Waals surface area contributed by atoms with E-state index in [1.165, 1.54) is 35.3 Å². The minimum Gasteiger partial charge on any atom is -0.478 e. The molecule has 0 atom stereocenters. The van der Waals surface area contributed by atoms with Crippen molar-refractivity contribution in [2.24, 2.45) is 5.84 Å². The molecule has 0 spiro atoms. The van der Waals surface area contributed by atoms with E-state index in [0.29, 0.717) is 11.3 Å². The van der Waals surface area contributed by atoms with Crippen LogP contribution in [0.4, 0.5) is 17.1 Å². The van der Waals surface area contributed by atoms with Crippen LogP contribution >= 0.6 is 0 Å². The number of nitrogens with zero attached hydrogens (tertiary/aromatic N) is 1. The molecule has 0 saturated carbocycles. The number of hydrazine groups is 1. The summed E-state index contributed by atoms with van der Waals surface area (Å²) in [5, 5.41) is 10.7. The number of aromatic carboxylic acids is 1. The summed E-state index contributed by atoms with van der Waals surface area (Å²) in [7, 11) is -2.51. The molecule has 3 rings (SSSR count). The number of carboxylic acid groups (broad SMARTS) is 1. The quantitative estimate of drug-likeness (QED) is 0.259. The number of rotatable bonds is 6. The maximum atomic E-state index is 12.9. The van der Waals surface area contributed by atoms with E-state index < -0.39 is 16.0 Å². The second-order valence-electron chi connectivity index (χ2n) is 6.37. The van der Waals surface area contributed by atoms with Crippen LogP contribution in [0.5, 0.6) is 0 Å². The van der Waals surface area contributed by atoms with Crippen molar-refractivity contribution in [2.45, 2.75) is 18.7 Å². The van der Waals surface area contributed by atoms with E-state index in [0.717, 1.165) is 5.56 Å². The predicted octanol–water partition coefficient (Wildman–Crippen LogP) is 3.77. The summed E-state index contributed by atoms with van der Waals surface area (Å²) in [5.74, 6) is 4.40. The molecule has 31 heavy (non-hydrogen) atoms. The number of hydrogen-bond donors (Lipinski definition) is 4. The van der Waals surface area contributed by atoms with Gasteiger partial charge < -0.3 is 15.8 Å². The molecule has 0 aliphatic rings. The number of hydrogen-bond acceptors (Lipinski definition) is 6. The smallest absolute Gasteiger partial charge is 0.337 e. The second-order valence-corrected chi connectivity index (χ2v) is 8.05. The fourth-order valence-corrected chi connectivity index (χ4v) is 3.96. The van der Waals surface area contributed by atoms with Crippen LogP contribution in [0.3, 0.4) is 0 Å². The lowest BCUT2D eigenvalue weighted by Crippen LogP contribution is -2.26. The van der Waals surface area contributed by atoms with Crippen molar-refractivity contribution in [1.82, 2.24) is 0 Å². The molecule has 0 aliphatic heterocycles. The van der Waals surface area contributed by atoms with Crippen LogP contribution in [0.2, 0.25) is 0 Å². The van der Waals surface area contributed by atoms with E-state index in [4.69, 9.17) is 11.6 Å². The Kier molecular flexibility index (Phi) is 7.62. The number of nitrogen functional groups attached to an aromatic ring is 1. The van der Waals surface area contributed by atoms with Gasteiger partial charge in [-0.15, -0.1) is 0 Å². The van der Waals surface area contributed by atoms with Crippen LogP contribution < -0.4 is 21.3 Å². The summed E-state index contributed by atoms with van der Waals surface area (Å²) in [5.41, 5.74) is 7.80. The van der Waals surface area contributed by atoms with Crippen molar-refractivity contribution < 1.29 is 18.3 Å². The number of carboxylic acids is 1. The zero-order chi connectivity index (χ0) is 23.2. The zero-order valence-corrected chi connectivity index (χ0v) is 18.3. The Hall–Kier alpha value is -3.56. The molecule has 164 valence electrons. The van der Waals surface area contributed by atoms with Gasteiger partial charge in [-0.25, -0.2) is 19.1 Å². The summed E-state index contributed by atoms with van der Waals surface area (Å²) in [6, 6.07) is 17.8. The molecule has 8 nitrogen and oxygen atoms in total. The first-order valence-corrected chi connectivity index (χ1v) is 11.0. The molecular formula is C22H26N4O4S. The summed E-state index contributed by atoms with van der Waals surface area (Å²) < 4.78 is 28.1. The average molecular weight is 443 g/mol. The number of sulfonamides is 1. The number of nitrogens with one attached hydrogen (secondary N) is 1. The number of anilines is 3. The molecule has 0 saturated heterocycles. The molecule has 0 unspecified atom stereocenters. The number of carbonyl (C=O) groups is 1. The third-order valence-corrected chi connectivity index (χ3v) is 5.65. The Morgan fingerprint density at radius 3 is 2.16 bits per heavy atom. The highest BCUT2D eigenvalue weighted by Gasteiger charge is 2.20. The van der Waals surface area contributed by atoms with Crippen molar-refractivity contribution in [1.29, 1.82) is 0 Å². The van der Waals surface area contributed by atoms with E-state index in [1.54, 1.807) is 13.1 Å². The highest BCUT2D eigenvalue weighted by molar-refractivity contribution is 7.92. The van der Waals surface area contributed by atoms with Crippen molar-refractivity contribution >= 4 is 33.1 Å². The Balaban J connectivity index is 0.00000166. The van der Waals surface area contributed by atoms with Gasteiger partial charge in [0, 0.05) is 7.05 Å². The van der Waals surface area contributed by atoms with Gasteiger partial charge in [0.2, 0.25) is 0 Å². The molecule has 9 heteroatoms. The molecule has 0 heterocycles. The molecule has 0 amide bonds. The maximum absolute atomic E-state index is 12.9. The van der Waals surface area contributed by atoms with Gasteiger partial charge in [0.05, 0.1) is 27.5 Å². The topological polar surface area (TPSA) is 139 Å². The van der Waals surface area contributed by atoms with Crippen LogP contribution in [0.1, 0.15) is 24.2 Å². The first kappa shape index (κ1) is 23.7. The van der Waals surface area contributed by atoms with Gasteiger partial charge in [-0.1, -0.05) is 50.2 Å². The summed E-state index contributed by atoms with van der Waals surface area (Å²) in [6.45, 7) is 4.00. The summed E-state index contributed by atoms with van der Waals surface area (Å²) in [6.07, 6.45) is 0. The average Bonchev–Trinajstić information content (AvgIpc) is 2.75.